The second-order valence-corrected chi connectivity index (χ2v) is 4.24. The van der Waals surface area contributed by atoms with Crippen LogP contribution in [0.15, 0.2) is 35.8 Å². The lowest BCUT2D eigenvalue weighted by Crippen LogP contribution is -1.89. The topological polar surface area (TPSA) is 47.3 Å². The molecule has 0 spiro atoms. The summed E-state index contributed by atoms with van der Waals surface area (Å²) >= 11 is 1.59. The highest BCUT2D eigenvalue weighted by Gasteiger charge is 2.06. The maximum atomic E-state index is 10.6. The number of fused-ring (bicyclic) bond motifs is 1. The smallest absolute Gasteiger partial charge is 0.192 e. The third-order valence-electron chi connectivity index (χ3n) is 2.23. The van der Waals surface area contributed by atoms with Gasteiger partial charge in [0.25, 0.3) is 0 Å². The van der Waals surface area contributed by atoms with Crippen LogP contribution in [-0.2, 0) is 0 Å². The van der Waals surface area contributed by atoms with Crippen LogP contribution in [-0.4, -0.2) is 20.9 Å². The molecule has 0 radical (unpaired) electrons. The maximum Gasteiger partial charge on any atom is 0.192 e. The van der Waals surface area contributed by atoms with Crippen LogP contribution >= 0.6 is 11.3 Å². The van der Waals surface area contributed by atoms with Gasteiger partial charge in [-0.25, -0.2) is 9.50 Å². The van der Waals surface area contributed by atoms with Gasteiger partial charge in [0, 0.05) is 11.8 Å². The highest BCUT2D eigenvalue weighted by Crippen LogP contribution is 2.21. The Kier molecular flexibility index (Phi) is 2.04. The van der Waals surface area contributed by atoms with Crippen molar-refractivity contribution in [2.24, 2.45) is 0 Å². The van der Waals surface area contributed by atoms with Gasteiger partial charge < -0.3 is 0 Å². The zero-order valence-corrected chi connectivity index (χ0v) is 9.02. The fourth-order valence-electron chi connectivity index (χ4n) is 1.48. The van der Waals surface area contributed by atoms with Crippen molar-refractivity contribution in [1.29, 1.82) is 0 Å². The molecule has 5 heteroatoms. The molecule has 3 aromatic heterocycles. The van der Waals surface area contributed by atoms with Gasteiger partial charge in [0.05, 0.1) is 4.88 Å². The summed E-state index contributed by atoms with van der Waals surface area (Å²) in [5.74, 6) is 0.693. The molecule has 0 atom stereocenters. The Balaban J connectivity index is 2.19. The van der Waals surface area contributed by atoms with Crippen molar-refractivity contribution in [1.82, 2.24) is 14.6 Å². The van der Waals surface area contributed by atoms with Crippen molar-refractivity contribution < 1.29 is 4.79 Å². The number of carbonyl (C=O) groups is 1. The monoisotopic (exact) mass is 229 g/mol. The summed E-state index contributed by atoms with van der Waals surface area (Å²) in [4.78, 5) is 16.0. The Morgan fingerprint density at radius 2 is 2.25 bits per heavy atom. The van der Waals surface area contributed by atoms with Crippen molar-refractivity contribution in [2.75, 3.05) is 0 Å². The molecule has 0 aliphatic carbocycles. The number of carbonyl (C=O) groups excluding carboxylic acids is 1. The van der Waals surface area contributed by atoms with E-state index < -0.39 is 0 Å². The fourth-order valence-corrected chi connectivity index (χ4v) is 2.13. The van der Waals surface area contributed by atoms with E-state index >= 15 is 0 Å². The van der Waals surface area contributed by atoms with E-state index in [0.717, 1.165) is 16.8 Å². The minimum absolute atomic E-state index is 0.593. The van der Waals surface area contributed by atoms with E-state index in [1.165, 1.54) is 0 Å². The average Bonchev–Trinajstić information content (AvgIpc) is 2.96. The number of rotatable bonds is 2. The van der Waals surface area contributed by atoms with Crippen LogP contribution < -0.4 is 0 Å². The Morgan fingerprint density at radius 3 is 3.00 bits per heavy atom. The number of aldehydes is 1. The Hall–Kier alpha value is -2.01. The summed E-state index contributed by atoms with van der Waals surface area (Å²) in [6, 6.07) is 7.45. The van der Waals surface area contributed by atoms with Crippen molar-refractivity contribution in [3.63, 3.8) is 0 Å². The maximum absolute atomic E-state index is 10.6. The van der Waals surface area contributed by atoms with Gasteiger partial charge in [-0.05, 0) is 23.6 Å². The molecular weight excluding hydrogens is 222 g/mol. The molecule has 3 rings (SSSR count). The molecule has 0 aliphatic heterocycles. The normalized spacial score (nSPS) is 10.8. The van der Waals surface area contributed by atoms with Crippen LogP contribution in [0.4, 0.5) is 0 Å². The molecule has 16 heavy (non-hydrogen) atoms. The number of hydrogen-bond acceptors (Lipinski definition) is 4. The standard InChI is InChI=1S/C11H7N3OS/c15-7-8-3-4-10-12-11(13-14(10)6-8)9-2-1-5-16-9/h1-7H. The summed E-state index contributed by atoms with van der Waals surface area (Å²) in [5, 5.41) is 6.30. The largest absolute Gasteiger partial charge is 0.298 e. The molecule has 0 bridgehead atoms. The van der Waals surface area contributed by atoms with E-state index in [-0.39, 0.29) is 0 Å². The first-order chi connectivity index (χ1) is 7.86. The molecule has 0 aliphatic rings. The molecule has 0 unspecified atom stereocenters. The van der Waals surface area contributed by atoms with E-state index in [0.29, 0.717) is 11.4 Å². The highest BCUT2D eigenvalue weighted by molar-refractivity contribution is 7.13. The number of aromatic nitrogens is 3. The second kappa shape index (κ2) is 3.53. The lowest BCUT2D eigenvalue weighted by molar-refractivity contribution is 0.112. The lowest BCUT2D eigenvalue weighted by Gasteiger charge is -1.90. The van der Waals surface area contributed by atoms with Gasteiger partial charge >= 0.3 is 0 Å². The van der Waals surface area contributed by atoms with E-state index in [4.69, 9.17) is 0 Å². The minimum Gasteiger partial charge on any atom is -0.298 e. The Labute approximate surface area is 95.2 Å². The first kappa shape index (κ1) is 9.23. The highest BCUT2D eigenvalue weighted by atomic mass is 32.1. The van der Waals surface area contributed by atoms with Gasteiger partial charge in [0.1, 0.15) is 0 Å². The molecule has 3 aromatic rings. The van der Waals surface area contributed by atoms with Crippen LogP contribution in [0.25, 0.3) is 16.3 Å². The molecule has 0 amide bonds. The SMILES string of the molecule is O=Cc1ccc2nc(-c3cccs3)nn2c1. The predicted octanol–water partition coefficient (Wildman–Crippen LogP) is 2.27. The van der Waals surface area contributed by atoms with Crippen molar-refractivity contribution in [3.05, 3.63) is 41.4 Å². The summed E-state index contributed by atoms with van der Waals surface area (Å²) < 4.78 is 1.62. The van der Waals surface area contributed by atoms with Gasteiger partial charge in [-0.15, -0.1) is 16.4 Å². The number of hydrogen-bond donors (Lipinski definition) is 0. The van der Waals surface area contributed by atoms with Gasteiger partial charge in [-0.1, -0.05) is 6.07 Å². The van der Waals surface area contributed by atoms with Crippen LogP contribution in [0.2, 0.25) is 0 Å². The molecular formula is C11H7N3OS. The predicted molar refractivity (Wildman–Crippen MR) is 61.7 cm³/mol. The fraction of sp³-hybridized carbons (Fsp3) is 0. The van der Waals surface area contributed by atoms with E-state index in [9.17, 15) is 4.79 Å². The third kappa shape index (κ3) is 1.42. The van der Waals surface area contributed by atoms with Crippen LogP contribution in [0.5, 0.6) is 0 Å². The van der Waals surface area contributed by atoms with E-state index in [1.807, 2.05) is 17.5 Å². The van der Waals surface area contributed by atoms with Crippen molar-refractivity contribution >= 4 is 23.3 Å². The molecule has 0 N–H and O–H groups in total. The minimum atomic E-state index is 0.593. The van der Waals surface area contributed by atoms with Gasteiger partial charge in [-0.2, -0.15) is 0 Å². The van der Waals surface area contributed by atoms with Crippen LogP contribution in [0.3, 0.4) is 0 Å². The summed E-state index contributed by atoms with van der Waals surface area (Å²) in [6.45, 7) is 0. The molecule has 0 saturated carbocycles. The van der Waals surface area contributed by atoms with Gasteiger partial charge in [-0.3, -0.25) is 4.79 Å². The first-order valence-electron chi connectivity index (χ1n) is 4.72. The number of thiophene rings is 1. The van der Waals surface area contributed by atoms with E-state index in [1.54, 1.807) is 34.2 Å². The quantitative estimate of drug-likeness (QED) is 0.633. The number of nitrogens with zero attached hydrogens (tertiary/aromatic N) is 3. The molecule has 0 fully saturated rings. The summed E-state index contributed by atoms with van der Waals surface area (Å²) in [6.07, 6.45) is 2.47. The second-order valence-electron chi connectivity index (χ2n) is 3.30. The molecule has 0 saturated heterocycles. The zero-order valence-electron chi connectivity index (χ0n) is 8.20. The van der Waals surface area contributed by atoms with Gasteiger partial charge in [0.2, 0.25) is 0 Å². The molecule has 78 valence electrons. The third-order valence-corrected chi connectivity index (χ3v) is 3.10. The lowest BCUT2D eigenvalue weighted by atomic mass is 10.3. The first-order valence-corrected chi connectivity index (χ1v) is 5.60. The van der Waals surface area contributed by atoms with E-state index in [2.05, 4.69) is 10.1 Å². The van der Waals surface area contributed by atoms with Crippen molar-refractivity contribution in [2.45, 2.75) is 0 Å². The van der Waals surface area contributed by atoms with Crippen LogP contribution in [0.1, 0.15) is 10.4 Å². The molecule has 4 nitrogen and oxygen atoms in total. The molecule has 0 aromatic carbocycles. The summed E-state index contributed by atoms with van der Waals surface area (Å²) in [5.41, 5.74) is 1.34. The van der Waals surface area contributed by atoms with Crippen molar-refractivity contribution in [3.8, 4) is 10.7 Å². The Bertz CT molecular complexity index is 642. The Morgan fingerprint density at radius 1 is 1.31 bits per heavy atom. The summed E-state index contributed by atoms with van der Waals surface area (Å²) in [7, 11) is 0. The number of pyridine rings is 1. The zero-order chi connectivity index (χ0) is 11.0. The van der Waals surface area contributed by atoms with Crippen LogP contribution in [0, 0.1) is 0 Å². The average molecular weight is 229 g/mol. The molecule has 3 heterocycles. The van der Waals surface area contributed by atoms with Gasteiger partial charge in [0.15, 0.2) is 17.8 Å².